The second-order valence-electron chi connectivity index (χ2n) is 5.22. The van der Waals surface area contributed by atoms with Gasteiger partial charge in [0.25, 0.3) is 0 Å². The van der Waals surface area contributed by atoms with Gasteiger partial charge < -0.3 is 15.0 Å². The average Bonchev–Trinajstić information content (AvgIpc) is 2.99. The predicted octanol–water partition coefficient (Wildman–Crippen LogP) is 4.03. The quantitative estimate of drug-likeness (QED) is 0.745. The lowest BCUT2D eigenvalue weighted by molar-refractivity contribution is -0.114. The van der Waals surface area contributed by atoms with E-state index in [-0.39, 0.29) is 12.5 Å². The maximum Gasteiger partial charge on any atom is 0.243 e. The lowest BCUT2D eigenvalue weighted by Gasteiger charge is -2.15. The van der Waals surface area contributed by atoms with Crippen molar-refractivity contribution in [3.8, 4) is 5.75 Å². The summed E-state index contributed by atoms with van der Waals surface area (Å²) in [5.41, 5.74) is 1.48. The smallest absolute Gasteiger partial charge is 0.243 e. The highest BCUT2D eigenvalue weighted by Crippen LogP contribution is 2.33. The molecule has 0 aliphatic carbocycles. The van der Waals surface area contributed by atoms with Gasteiger partial charge in [0.15, 0.2) is 5.13 Å². The zero-order valence-electron chi connectivity index (χ0n) is 13.2. The minimum absolute atomic E-state index is 0.133. The van der Waals surface area contributed by atoms with Crippen LogP contribution in [0, 0.1) is 0 Å². The first-order chi connectivity index (χ1) is 11.6. The molecule has 0 aliphatic heterocycles. The molecule has 0 atom stereocenters. The summed E-state index contributed by atoms with van der Waals surface area (Å²) < 4.78 is 6.35. The number of anilines is 2. The van der Waals surface area contributed by atoms with Crippen molar-refractivity contribution >= 4 is 49.9 Å². The number of fused-ring (bicyclic) bond motifs is 1. The summed E-state index contributed by atoms with van der Waals surface area (Å²) in [6, 6.07) is 12.8. The van der Waals surface area contributed by atoms with E-state index in [1.54, 1.807) is 31.4 Å². The fraction of sp³-hybridized carbons (Fsp3) is 0.176. The van der Waals surface area contributed by atoms with E-state index in [0.717, 1.165) is 21.1 Å². The molecule has 1 aromatic heterocycles. The van der Waals surface area contributed by atoms with Gasteiger partial charge >= 0.3 is 0 Å². The largest absolute Gasteiger partial charge is 0.494 e. The van der Waals surface area contributed by atoms with E-state index < -0.39 is 0 Å². The van der Waals surface area contributed by atoms with Crippen molar-refractivity contribution in [1.29, 1.82) is 0 Å². The topological polar surface area (TPSA) is 54.5 Å². The Bertz CT molecular complexity index is 881. The van der Waals surface area contributed by atoms with Crippen LogP contribution < -0.4 is 15.0 Å². The number of amides is 1. The van der Waals surface area contributed by atoms with Gasteiger partial charge in [0.2, 0.25) is 5.91 Å². The highest BCUT2D eigenvalue weighted by molar-refractivity contribution is 7.22. The number of aromatic nitrogens is 1. The lowest BCUT2D eigenvalue weighted by Crippen LogP contribution is -2.29. The Balaban J connectivity index is 1.72. The number of ether oxygens (including phenoxy) is 1. The Morgan fingerprint density at radius 1 is 1.33 bits per heavy atom. The van der Waals surface area contributed by atoms with Gasteiger partial charge in [-0.3, -0.25) is 4.79 Å². The number of likely N-dealkylation sites (N-methyl/N-ethyl adjacent to an activating group) is 1. The van der Waals surface area contributed by atoms with Crippen LogP contribution in [0.2, 0.25) is 5.02 Å². The fourth-order valence-corrected chi connectivity index (χ4v) is 3.42. The first-order valence-electron chi connectivity index (χ1n) is 7.27. The van der Waals surface area contributed by atoms with Crippen molar-refractivity contribution in [2.24, 2.45) is 0 Å². The van der Waals surface area contributed by atoms with E-state index in [9.17, 15) is 4.79 Å². The molecule has 0 radical (unpaired) electrons. The molecule has 3 aromatic rings. The van der Waals surface area contributed by atoms with Gasteiger partial charge in [-0.05, 0) is 30.3 Å². The van der Waals surface area contributed by atoms with Crippen LogP contribution in [-0.2, 0) is 4.79 Å². The van der Waals surface area contributed by atoms with Crippen LogP contribution in [-0.4, -0.2) is 31.6 Å². The van der Waals surface area contributed by atoms with Crippen LogP contribution in [0.4, 0.5) is 10.8 Å². The molecule has 1 heterocycles. The van der Waals surface area contributed by atoms with Crippen molar-refractivity contribution in [2.45, 2.75) is 0 Å². The highest BCUT2D eigenvalue weighted by atomic mass is 35.5. The minimum atomic E-state index is -0.133. The van der Waals surface area contributed by atoms with Crippen molar-refractivity contribution in [1.82, 2.24) is 4.98 Å². The fourth-order valence-electron chi connectivity index (χ4n) is 2.29. The molecular formula is C17H16ClN3O2S. The van der Waals surface area contributed by atoms with Crippen LogP contribution >= 0.6 is 22.9 Å². The summed E-state index contributed by atoms with van der Waals surface area (Å²) >= 11 is 7.44. The number of benzene rings is 2. The van der Waals surface area contributed by atoms with Crippen molar-refractivity contribution < 1.29 is 9.53 Å². The number of carbonyl (C=O) groups is 1. The summed E-state index contributed by atoms with van der Waals surface area (Å²) in [4.78, 5) is 18.6. The summed E-state index contributed by atoms with van der Waals surface area (Å²) in [7, 11) is 3.46. The number of thiazole rings is 1. The number of hydrogen-bond donors (Lipinski definition) is 1. The van der Waals surface area contributed by atoms with E-state index in [1.165, 1.54) is 11.3 Å². The van der Waals surface area contributed by atoms with Crippen LogP contribution in [0.5, 0.6) is 5.75 Å². The standard InChI is InChI=1S/C17H16ClN3O2S/c1-21(10-15(22)19-12-6-3-5-11(18)9-12)17-20-16-13(23-2)7-4-8-14(16)24-17/h3-9H,10H2,1-2H3,(H,19,22). The third-order valence-corrected chi connectivity index (χ3v) is 4.78. The number of para-hydroxylation sites is 1. The predicted molar refractivity (Wildman–Crippen MR) is 99.5 cm³/mol. The second kappa shape index (κ2) is 7.07. The Kier molecular flexibility index (Phi) is 4.87. The van der Waals surface area contributed by atoms with Gasteiger partial charge in [-0.25, -0.2) is 4.98 Å². The van der Waals surface area contributed by atoms with E-state index in [4.69, 9.17) is 16.3 Å². The molecule has 1 N–H and O–H groups in total. The summed E-state index contributed by atoms with van der Waals surface area (Å²) in [5, 5.41) is 4.17. The summed E-state index contributed by atoms with van der Waals surface area (Å²) in [5.74, 6) is 0.595. The Morgan fingerprint density at radius 2 is 2.12 bits per heavy atom. The molecule has 24 heavy (non-hydrogen) atoms. The Morgan fingerprint density at radius 3 is 2.88 bits per heavy atom. The van der Waals surface area contributed by atoms with Crippen LogP contribution in [0.15, 0.2) is 42.5 Å². The molecular weight excluding hydrogens is 346 g/mol. The molecule has 124 valence electrons. The van der Waals surface area contributed by atoms with Gasteiger partial charge in [-0.2, -0.15) is 0 Å². The first-order valence-corrected chi connectivity index (χ1v) is 8.46. The van der Waals surface area contributed by atoms with Gasteiger partial charge in [0.05, 0.1) is 18.4 Å². The molecule has 5 nitrogen and oxygen atoms in total. The molecule has 1 amide bonds. The van der Waals surface area contributed by atoms with Gasteiger partial charge in [0, 0.05) is 17.8 Å². The average molecular weight is 362 g/mol. The van der Waals surface area contributed by atoms with Crippen LogP contribution in [0.3, 0.4) is 0 Å². The molecule has 0 unspecified atom stereocenters. The van der Waals surface area contributed by atoms with Crippen molar-refractivity contribution in [2.75, 3.05) is 30.9 Å². The van der Waals surface area contributed by atoms with Crippen LogP contribution in [0.1, 0.15) is 0 Å². The van der Waals surface area contributed by atoms with Crippen molar-refractivity contribution in [3.63, 3.8) is 0 Å². The SMILES string of the molecule is COc1cccc2sc(N(C)CC(=O)Nc3cccc(Cl)c3)nc12. The van der Waals surface area contributed by atoms with E-state index in [0.29, 0.717) is 10.7 Å². The molecule has 7 heteroatoms. The molecule has 0 bridgehead atoms. The third-order valence-electron chi connectivity index (χ3n) is 3.41. The second-order valence-corrected chi connectivity index (χ2v) is 6.66. The highest BCUT2D eigenvalue weighted by Gasteiger charge is 2.14. The Hall–Kier alpha value is -2.31. The van der Waals surface area contributed by atoms with E-state index in [2.05, 4.69) is 10.3 Å². The molecule has 0 aliphatic rings. The monoisotopic (exact) mass is 361 g/mol. The van der Waals surface area contributed by atoms with E-state index >= 15 is 0 Å². The van der Waals surface area contributed by atoms with Gasteiger partial charge in [0.1, 0.15) is 11.3 Å². The Labute approximate surface area is 148 Å². The van der Waals surface area contributed by atoms with Crippen LogP contribution in [0.25, 0.3) is 10.2 Å². The molecule has 0 saturated carbocycles. The summed E-state index contributed by atoms with van der Waals surface area (Å²) in [6.07, 6.45) is 0. The first kappa shape index (κ1) is 16.5. The third kappa shape index (κ3) is 3.60. The maximum absolute atomic E-state index is 12.2. The van der Waals surface area contributed by atoms with E-state index in [1.807, 2.05) is 30.1 Å². The molecule has 2 aromatic carbocycles. The zero-order chi connectivity index (χ0) is 17.1. The van der Waals surface area contributed by atoms with Gasteiger partial charge in [-0.15, -0.1) is 0 Å². The number of halogens is 1. The number of nitrogens with zero attached hydrogens (tertiary/aromatic N) is 2. The van der Waals surface area contributed by atoms with Crippen molar-refractivity contribution in [3.05, 3.63) is 47.5 Å². The molecule has 0 fully saturated rings. The maximum atomic E-state index is 12.2. The summed E-state index contributed by atoms with van der Waals surface area (Å²) in [6.45, 7) is 0.189. The molecule has 0 spiro atoms. The number of hydrogen-bond acceptors (Lipinski definition) is 5. The number of carbonyl (C=O) groups excluding carboxylic acids is 1. The minimum Gasteiger partial charge on any atom is -0.494 e. The molecule has 0 saturated heterocycles. The normalized spacial score (nSPS) is 10.6. The number of rotatable bonds is 5. The zero-order valence-corrected chi connectivity index (χ0v) is 14.8. The number of methoxy groups -OCH3 is 1. The lowest BCUT2D eigenvalue weighted by atomic mass is 10.3. The van der Waals surface area contributed by atoms with Gasteiger partial charge in [-0.1, -0.05) is 35.1 Å². The molecule has 3 rings (SSSR count). The number of nitrogens with one attached hydrogen (secondary N) is 1.